The normalized spacial score (nSPS) is 11.7. The lowest BCUT2D eigenvalue weighted by atomic mass is 10.1. The summed E-state index contributed by atoms with van der Waals surface area (Å²) in [6.45, 7) is 5.44. The topological polar surface area (TPSA) is 85.8 Å². The highest BCUT2D eigenvalue weighted by Crippen LogP contribution is 2.20. The van der Waals surface area contributed by atoms with Crippen LogP contribution >= 0.6 is 0 Å². The lowest BCUT2D eigenvalue weighted by Crippen LogP contribution is -2.40. The molecule has 7 heteroatoms. The molecule has 2 rings (SSSR count). The number of para-hydroxylation sites is 1. The van der Waals surface area contributed by atoms with Crippen LogP contribution in [0.4, 0.5) is 5.82 Å². The second-order valence-electron chi connectivity index (χ2n) is 6.02. The molecule has 26 heavy (non-hydrogen) atoms. The summed E-state index contributed by atoms with van der Waals surface area (Å²) in [5, 5.41) is 8.94. The molecule has 0 saturated carbocycles. The van der Waals surface area contributed by atoms with Crippen molar-refractivity contribution in [3.8, 4) is 5.75 Å². The van der Waals surface area contributed by atoms with Gasteiger partial charge in [0.2, 0.25) is 0 Å². The average Bonchev–Trinajstić information content (AvgIpc) is 2.64. The van der Waals surface area contributed by atoms with Crippen molar-refractivity contribution in [2.45, 2.75) is 40.2 Å². The third-order valence-electron chi connectivity index (χ3n) is 4.15. The van der Waals surface area contributed by atoms with Gasteiger partial charge in [-0.3, -0.25) is 13.9 Å². The van der Waals surface area contributed by atoms with E-state index in [1.807, 2.05) is 31.2 Å². The molecule has 0 aliphatic heterocycles. The monoisotopic (exact) mass is 359 g/mol. The molecule has 140 valence electrons. The molecule has 0 fully saturated rings. The Hall–Kier alpha value is -2.67. The first kappa shape index (κ1) is 19.7. The van der Waals surface area contributed by atoms with Gasteiger partial charge in [0, 0.05) is 27.1 Å². The van der Waals surface area contributed by atoms with Crippen molar-refractivity contribution in [2.75, 3.05) is 6.61 Å². The quantitative estimate of drug-likeness (QED) is 0.631. The number of rotatable bonds is 6. The van der Waals surface area contributed by atoms with Gasteiger partial charge < -0.3 is 9.84 Å². The minimum Gasteiger partial charge on any atom is -0.443 e. The first-order chi connectivity index (χ1) is 12.4. The predicted molar refractivity (Wildman–Crippen MR) is 102 cm³/mol. The Labute approximate surface area is 152 Å². The van der Waals surface area contributed by atoms with Crippen molar-refractivity contribution in [2.24, 2.45) is 12.0 Å². The number of ether oxygens (including phenoxy) is 1. The lowest BCUT2D eigenvalue weighted by Gasteiger charge is -2.13. The maximum absolute atomic E-state index is 12.5. The van der Waals surface area contributed by atoms with E-state index in [1.54, 1.807) is 20.9 Å². The van der Waals surface area contributed by atoms with Gasteiger partial charge in [-0.2, -0.15) is 4.99 Å². The standard InChI is InChI=1S/C19H25N3O4/c1-5-15-9-6-7-10-16(15)26-14(3)20-17-13(2)18(24)22(11-8-12-23)19(25)21(17)4/h6-7,9-10,23H,5,8,11-12H2,1-4H3. The molecule has 0 saturated heterocycles. The van der Waals surface area contributed by atoms with Crippen molar-refractivity contribution < 1.29 is 9.84 Å². The van der Waals surface area contributed by atoms with E-state index >= 15 is 0 Å². The van der Waals surface area contributed by atoms with Crippen LogP contribution < -0.4 is 16.0 Å². The molecule has 1 aromatic heterocycles. The van der Waals surface area contributed by atoms with Crippen LogP contribution in [0.1, 0.15) is 31.4 Å². The summed E-state index contributed by atoms with van der Waals surface area (Å²) in [4.78, 5) is 29.3. The van der Waals surface area contributed by atoms with Crippen LogP contribution in [0, 0.1) is 6.92 Å². The second kappa shape index (κ2) is 8.62. The van der Waals surface area contributed by atoms with Crippen molar-refractivity contribution in [3.63, 3.8) is 0 Å². The summed E-state index contributed by atoms with van der Waals surface area (Å²) >= 11 is 0. The number of benzene rings is 1. The van der Waals surface area contributed by atoms with Gasteiger partial charge >= 0.3 is 5.69 Å². The maximum Gasteiger partial charge on any atom is 0.332 e. The highest BCUT2D eigenvalue weighted by molar-refractivity contribution is 5.79. The molecular weight excluding hydrogens is 334 g/mol. The van der Waals surface area contributed by atoms with Crippen LogP contribution in [0.5, 0.6) is 5.75 Å². The van der Waals surface area contributed by atoms with Crippen LogP contribution in [0.15, 0.2) is 38.8 Å². The molecule has 1 heterocycles. The molecule has 2 aromatic rings. The highest BCUT2D eigenvalue weighted by atomic mass is 16.5. The summed E-state index contributed by atoms with van der Waals surface area (Å²) in [7, 11) is 1.57. The van der Waals surface area contributed by atoms with Crippen molar-refractivity contribution >= 4 is 11.7 Å². The minimum atomic E-state index is -0.463. The van der Waals surface area contributed by atoms with Gasteiger partial charge in [0.15, 0.2) is 5.90 Å². The van der Waals surface area contributed by atoms with E-state index in [2.05, 4.69) is 4.99 Å². The van der Waals surface area contributed by atoms with Gasteiger partial charge in [-0.25, -0.2) is 4.79 Å². The van der Waals surface area contributed by atoms with Crippen LogP contribution in [-0.4, -0.2) is 26.7 Å². The molecule has 0 radical (unpaired) electrons. The summed E-state index contributed by atoms with van der Waals surface area (Å²) in [5.74, 6) is 1.32. The Morgan fingerprint density at radius 3 is 2.62 bits per heavy atom. The smallest absolute Gasteiger partial charge is 0.332 e. The van der Waals surface area contributed by atoms with Gasteiger partial charge in [-0.15, -0.1) is 0 Å². The first-order valence-electron chi connectivity index (χ1n) is 8.63. The second-order valence-corrected chi connectivity index (χ2v) is 6.02. The number of aliphatic hydroxyl groups is 1. The number of aliphatic imine (C=N–C) groups is 1. The third kappa shape index (κ3) is 4.11. The Balaban J connectivity index is 2.44. The summed E-state index contributed by atoms with van der Waals surface area (Å²) in [5.41, 5.74) is 0.542. The molecular formula is C19H25N3O4. The van der Waals surface area contributed by atoms with Crippen LogP contribution in [0.25, 0.3) is 0 Å². The lowest BCUT2D eigenvalue weighted by molar-refractivity contribution is 0.277. The Kier molecular flexibility index (Phi) is 6.52. The summed E-state index contributed by atoms with van der Waals surface area (Å²) in [6, 6.07) is 7.66. The Morgan fingerprint density at radius 2 is 1.96 bits per heavy atom. The Bertz CT molecular complexity index is 888. The number of aliphatic hydroxyl groups excluding tert-OH is 1. The minimum absolute atomic E-state index is 0.0850. The summed E-state index contributed by atoms with van der Waals surface area (Å²) < 4.78 is 8.26. The van der Waals surface area contributed by atoms with Crippen LogP contribution in [0.3, 0.4) is 0 Å². The Morgan fingerprint density at radius 1 is 1.27 bits per heavy atom. The maximum atomic E-state index is 12.5. The van der Waals surface area contributed by atoms with Crippen molar-refractivity contribution in [1.29, 1.82) is 0 Å². The molecule has 0 aliphatic carbocycles. The molecule has 0 amide bonds. The molecule has 0 spiro atoms. The fourth-order valence-electron chi connectivity index (χ4n) is 2.72. The number of hydrogen-bond donors (Lipinski definition) is 1. The van der Waals surface area contributed by atoms with Gasteiger partial charge in [0.05, 0.1) is 5.56 Å². The molecule has 0 bridgehead atoms. The summed E-state index contributed by atoms with van der Waals surface area (Å²) in [6.07, 6.45) is 1.16. The number of aryl methyl sites for hydroxylation is 1. The zero-order chi connectivity index (χ0) is 19.3. The number of nitrogens with zero attached hydrogens (tertiary/aromatic N) is 3. The molecule has 7 nitrogen and oxygen atoms in total. The molecule has 0 aliphatic rings. The van der Waals surface area contributed by atoms with E-state index in [0.29, 0.717) is 23.6 Å². The van der Waals surface area contributed by atoms with E-state index in [-0.39, 0.29) is 19.0 Å². The third-order valence-corrected chi connectivity index (χ3v) is 4.15. The van der Waals surface area contributed by atoms with Gasteiger partial charge in [0.1, 0.15) is 11.6 Å². The van der Waals surface area contributed by atoms with E-state index in [4.69, 9.17) is 9.84 Å². The zero-order valence-corrected chi connectivity index (χ0v) is 15.7. The fraction of sp³-hybridized carbons (Fsp3) is 0.421. The molecule has 1 aromatic carbocycles. The van der Waals surface area contributed by atoms with E-state index in [9.17, 15) is 9.59 Å². The highest BCUT2D eigenvalue weighted by Gasteiger charge is 2.14. The predicted octanol–water partition coefficient (Wildman–Crippen LogP) is 1.93. The largest absolute Gasteiger partial charge is 0.443 e. The van der Waals surface area contributed by atoms with Crippen LogP contribution in [-0.2, 0) is 20.0 Å². The van der Waals surface area contributed by atoms with E-state index < -0.39 is 11.2 Å². The van der Waals surface area contributed by atoms with E-state index in [1.165, 1.54) is 4.57 Å². The van der Waals surface area contributed by atoms with E-state index in [0.717, 1.165) is 16.6 Å². The first-order valence-corrected chi connectivity index (χ1v) is 8.63. The number of aromatic nitrogens is 2. The molecule has 0 atom stereocenters. The average molecular weight is 359 g/mol. The fourth-order valence-corrected chi connectivity index (χ4v) is 2.72. The van der Waals surface area contributed by atoms with Crippen LogP contribution in [0.2, 0.25) is 0 Å². The molecule has 0 unspecified atom stereocenters. The number of hydrogen-bond acceptors (Lipinski definition) is 5. The van der Waals surface area contributed by atoms with Crippen molar-refractivity contribution in [1.82, 2.24) is 9.13 Å². The zero-order valence-electron chi connectivity index (χ0n) is 15.7. The van der Waals surface area contributed by atoms with Gasteiger partial charge in [-0.1, -0.05) is 25.1 Å². The molecule has 1 N–H and O–H groups in total. The van der Waals surface area contributed by atoms with Crippen molar-refractivity contribution in [3.05, 3.63) is 56.2 Å². The SMILES string of the molecule is CCc1ccccc1OC(C)=Nc1c(C)c(=O)n(CCCO)c(=O)n1C. The van der Waals surface area contributed by atoms with Gasteiger partial charge in [-0.05, 0) is 31.4 Å². The van der Waals surface area contributed by atoms with Gasteiger partial charge in [0.25, 0.3) is 5.56 Å².